The number of para-hydroxylation sites is 2. The number of amides is 2. The van der Waals surface area contributed by atoms with Gasteiger partial charge in [0.25, 0.3) is 0 Å². The van der Waals surface area contributed by atoms with Crippen molar-refractivity contribution < 1.29 is 19.1 Å². The van der Waals surface area contributed by atoms with Crippen LogP contribution in [0.5, 0.6) is 11.5 Å². The molecule has 3 aliphatic heterocycles. The van der Waals surface area contributed by atoms with Crippen molar-refractivity contribution in [1.29, 1.82) is 0 Å². The molecule has 3 aliphatic rings. The van der Waals surface area contributed by atoms with Gasteiger partial charge in [-0.2, -0.15) is 0 Å². The summed E-state index contributed by atoms with van der Waals surface area (Å²) in [6, 6.07) is 14.3. The quantitative estimate of drug-likeness (QED) is 0.708. The van der Waals surface area contributed by atoms with Gasteiger partial charge in [0.05, 0.1) is 11.4 Å². The molecular formula is C26H32N4O4. The molecule has 0 aliphatic carbocycles. The highest BCUT2D eigenvalue weighted by Gasteiger charge is 2.31. The van der Waals surface area contributed by atoms with Crippen molar-refractivity contribution in [1.82, 2.24) is 10.2 Å². The first-order valence-corrected chi connectivity index (χ1v) is 12.1. The molecule has 2 aromatic carbocycles. The molecule has 1 N–H and O–H groups in total. The number of nitrogens with zero attached hydrogens (tertiary/aromatic N) is 3. The van der Waals surface area contributed by atoms with E-state index in [1.807, 2.05) is 35.2 Å². The summed E-state index contributed by atoms with van der Waals surface area (Å²) >= 11 is 0. The molecule has 0 unspecified atom stereocenters. The van der Waals surface area contributed by atoms with Crippen LogP contribution in [0.25, 0.3) is 0 Å². The molecule has 8 nitrogen and oxygen atoms in total. The average molecular weight is 465 g/mol. The van der Waals surface area contributed by atoms with Crippen LogP contribution in [0.1, 0.15) is 25.3 Å². The Kier molecular flexibility index (Phi) is 6.69. The van der Waals surface area contributed by atoms with Crippen LogP contribution in [0.2, 0.25) is 0 Å². The molecule has 3 heterocycles. The largest absolute Gasteiger partial charge is 0.486 e. The highest BCUT2D eigenvalue weighted by Crippen LogP contribution is 2.33. The fraction of sp³-hybridized carbons (Fsp3) is 0.462. The van der Waals surface area contributed by atoms with E-state index >= 15 is 0 Å². The number of carbonyl (C=O) groups excluding carboxylic acids is 2. The summed E-state index contributed by atoms with van der Waals surface area (Å²) in [6.45, 7) is 7.11. The van der Waals surface area contributed by atoms with Crippen LogP contribution < -0.4 is 24.6 Å². The third-order valence-corrected chi connectivity index (χ3v) is 6.87. The van der Waals surface area contributed by atoms with Gasteiger partial charge in [0.1, 0.15) is 19.8 Å². The highest BCUT2D eigenvalue weighted by atomic mass is 16.6. The Morgan fingerprint density at radius 1 is 1.00 bits per heavy atom. The molecule has 8 heteroatoms. The van der Waals surface area contributed by atoms with Crippen LogP contribution in [0.3, 0.4) is 0 Å². The van der Waals surface area contributed by atoms with E-state index in [1.54, 1.807) is 4.90 Å². The Labute approximate surface area is 200 Å². The minimum atomic E-state index is -0.105. The first kappa shape index (κ1) is 22.7. The van der Waals surface area contributed by atoms with Gasteiger partial charge in [0.2, 0.25) is 11.8 Å². The highest BCUT2D eigenvalue weighted by molar-refractivity contribution is 6.10. The second-order valence-electron chi connectivity index (χ2n) is 9.11. The van der Waals surface area contributed by atoms with E-state index in [9.17, 15) is 9.59 Å². The van der Waals surface area contributed by atoms with E-state index in [0.717, 1.165) is 61.9 Å². The van der Waals surface area contributed by atoms with Gasteiger partial charge in [0, 0.05) is 32.6 Å². The van der Waals surface area contributed by atoms with Crippen molar-refractivity contribution in [3.8, 4) is 11.5 Å². The second kappa shape index (κ2) is 10.0. The topological polar surface area (TPSA) is 74.4 Å². The van der Waals surface area contributed by atoms with Crippen molar-refractivity contribution in [2.75, 3.05) is 55.7 Å². The maximum Gasteiger partial charge on any atom is 0.247 e. The Hall–Kier alpha value is -3.10. The zero-order valence-electron chi connectivity index (χ0n) is 19.7. The smallest absolute Gasteiger partial charge is 0.247 e. The van der Waals surface area contributed by atoms with Gasteiger partial charge in [0.15, 0.2) is 11.5 Å². The van der Waals surface area contributed by atoms with E-state index in [-0.39, 0.29) is 18.4 Å². The third-order valence-electron chi connectivity index (χ3n) is 6.87. The molecule has 2 amide bonds. The number of likely N-dealkylation sites (tertiary alicyclic amines) is 1. The number of carbonyl (C=O) groups is 2. The maximum absolute atomic E-state index is 12.8. The van der Waals surface area contributed by atoms with Gasteiger partial charge in [-0.25, -0.2) is 0 Å². The Balaban J connectivity index is 1.10. The van der Waals surface area contributed by atoms with Crippen LogP contribution in [0.15, 0.2) is 42.5 Å². The van der Waals surface area contributed by atoms with E-state index in [1.165, 1.54) is 12.5 Å². The lowest BCUT2D eigenvalue weighted by Gasteiger charge is -2.38. The number of rotatable bonds is 6. The monoisotopic (exact) mass is 464 g/mol. The normalized spacial score (nSPS) is 18.7. The van der Waals surface area contributed by atoms with Crippen LogP contribution in [-0.2, 0) is 16.1 Å². The first-order valence-electron chi connectivity index (χ1n) is 12.1. The summed E-state index contributed by atoms with van der Waals surface area (Å²) < 4.78 is 11.3. The molecule has 0 atom stereocenters. The molecule has 0 radical (unpaired) electrons. The van der Waals surface area contributed by atoms with Gasteiger partial charge in [-0.1, -0.05) is 18.2 Å². The first-order chi connectivity index (χ1) is 16.6. The molecule has 0 aromatic heterocycles. The predicted molar refractivity (Wildman–Crippen MR) is 131 cm³/mol. The summed E-state index contributed by atoms with van der Waals surface area (Å²) in [6.07, 6.45) is 2.15. The lowest BCUT2D eigenvalue weighted by atomic mass is 10.0. The number of anilines is 2. The lowest BCUT2D eigenvalue weighted by molar-refractivity contribution is -0.121. The van der Waals surface area contributed by atoms with Crippen LogP contribution in [-0.4, -0.2) is 68.7 Å². The maximum atomic E-state index is 12.8. The summed E-state index contributed by atoms with van der Waals surface area (Å²) in [5.41, 5.74) is 2.84. The number of fused-ring (bicyclic) bond motifs is 2. The molecule has 34 heavy (non-hydrogen) atoms. The van der Waals surface area contributed by atoms with Crippen molar-refractivity contribution >= 4 is 23.2 Å². The van der Waals surface area contributed by atoms with Crippen LogP contribution in [0, 0.1) is 0 Å². The van der Waals surface area contributed by atoms with E-state index in [4.69, 9.17) is 9.47 Å². The van der Waals surface area contributed by atoms with Gasteiger partial charge >= 0.3 is 0 Å². The molecule has 2 aromatic rings. The summed E-state index contributed by atoms with van der Waals surface area (Å²) in [5.74, 6) is 1.53. The molecule has 5 rings (SSSR count). The minimum absolute atomic E-state index is 0.0233. The van der Waals surface area contributed by atoms with E-state index < -0.39 is 0 Å². The summed E-state index contributed by atoms with van der Waals surface area (Å²) in [4.78, 5) is 30.6. The average Bonchev–Trinajstić information content (AvgIpc) is 2.87. The Morgan fingerprint density at radius 2 is 1.74 bits per heavy atom. The predicted octanol–water partition coefficient (Wildman–Crippen LogP) is 2.41. The van der Waals surface area contributed by atoms with E-state index in [0.29, 0.717) is 25.8 Å². The SMILES string of the molecule is CC(=O)N1CC(=O)N(CCN2CCC(NCc3ccc4c(c3)OCCO4)CC2)c2ccccc21. The van der Waals surface area contributed by atoms with Gasteiger partial charge < -0.3 is 29.5 Å². The third kappa shape index (κ3) is 4.88. The summed E-state index contributed by atoms with van der Waals surface area (Å²) in [7, 11) is 0. The molecule has 0 spiro atoms. The number of ether oxygens (including phenoxy) is 2. The number of benzene rings is 2. The van der Waals surface area contributed by atoms with Gasteiger partial charge in [-0.3, -0.25) is 9.59 Å². The second-order valence-corrected chi connectivity index (χ2v) is 9.11. The number of nitrogens with one attached hydrogen (secondary N) is 1. The molecule has 0 saturated carbocycles. The minimum Gasteiger partial charge on any atom is -0.486 e. The zero-order valence-corrected chi connectivity index (χ0v) is 19.7. The standard InChI is InChI=1S/C26H32N4O4/c1-19(31)30-18-26(32)29(22-4-2-3-5-23(22)30)13-12-28-10-8-21(9-11-28)27-17-20-6-7-24-25(16-20)34-15-14-33-24/h2-7,16,21,27H,8-15,17-18H2,1H3. The van der Waals surface area contributed by atoms with Crippen molar-refractivity contribution in [3.05, 3.63) is 48.0 Å². The lowest BCUT2D eigenvalue weighted by Crippen LogP contribution is -2.50. The van der Waals surface area contributed by atoms with Gasteiger partial charge in [-0.15, -0.1) is 0 Å². The van der Waals surface area contributed by atoms with E-state index in [2.05, 4.69) is 22.3 Å². The van der Waals surface area contributed by atoms with Crippen LogP contribution in [0.4, 0.5) is 11.4 Å². The summed E-state index contributed by atoms with van der Waals surface area (Å²) in [5, 5.41) is 3.68. The van der Waals surface area contributed by atoms with Crippen molar-refractivity contribution in [3.63, 3.8) is 0 Å². The number of piperidine rings is 1. The zero-order chi connectivity index (χ0) is 23.5. The molecule has 180 valence electrons. The fourth-order valence-corrected chi connectivity index (χ4v) is 4.95. The number of hydrogen-bond donors (Lipinski definition) is 1. The molecule has 1 fully saturated rings. The van der Waals surface area contributed by atoms with Crippen molar-refractivity contribution in [2.45, 2.75) is 32.4 Å². The molecular weight excluding hydrogens is 432 g/mol. The van der Waals surface area contributed by atoms with Crippen LogP contribution >= 0.6 is 0 Å². The van der Waals surface area contributed by atoms with Crippen molar-refractivity contribution in [2.24, 2.45) is 0 Å². The fourth-order valence-electron chi connectivity index (χ4n) is 4.95. The number of hydrogen-bond acceptors (Lipinski definition) is 6. The molecule has 1 saturated heterocycles. The Bertz CT molecular complexity index is 1050. The van der Waals surface area contributed by atoms with Gasteiger partial charge in [-0.05, 0) is 55.8 Å². The Morgan fingerprint density at radius 3 is 2.50 bits per heavy atom. The molecule has 0 bridgehead atoms.